The molecule has 0 amide bonds. The summed E-state index contributed by atoms with van der Waals surface area (Å²) in [6.45, 7) is 13.8. The number of thiocarbonyl (C=S) groups is 1. The Morgan fingerprint density at radius 3 is 1.87 bits per heavy atom. The Balaban J connectivity index is 2.56. The molecule has 1 rings (SSSR count). The molecule has 0 fully saturated rings. The molecule has 0 heterocycles. The van der Waals surface area contributed by atoms with Crippen LogP contribution < -0.4 is 4.74 Å². The van der Waals surface area contributed by atoms with E-state index in [1.54, 1.807) is 0 Å². The van der Waals surface area contributed by atoms with E-state index in [0.717, 1.165) is 37.0 Å². The van der Waals surface area contributed by atoms with E-state index in [0.29, 0.717) is 18.3 Å². The van der Waals surface area contributed by atoms with Crippen LogP contribution in [0.1, 0.15) is 72.8 Å². The summed E-state index contributed by atoms with van der Waals surface area (Å²) in [6, 6.07) is 7.81. The maximum absolute atomic E-state index is 5.98. The van der Waals surface area contributed by atoms with Gasteiger partial charge in [-0.25, -0.2) is 0 Å². The molecule has 3 heteroatoms. The molecular formula is C27H38O2S. The molecule has 0 unspecified atom stereocenters. The average Bonchev–Trinajstić information content (AvgIpc) is 2.67. The second kappa shape index (κ2) is 14.8. The predicted molar refractivity (Wildman–Crippen MR) is 134 cm³/mol. The molecule has 1 aromatic rings. The van der Waals surface area contributed by atoms with E-state index in [9.17, 15) is 0 Å². The van der Waals surface area contributed by atoms with Gasteiger partial charge < -0.3 is 9.47 Å². The van der Waals surface area contributed by atoms with Crippen LogP contribution in [0.15, 0.2) is 70.9 Å². The molecule has 0 saturated carbocycles. The SMILES string of the molecule is CC(C)=CCC/C(C)=C/COC(=S)c1ccccc1OC/C=C(\C)CCC=C(C)C. The highest BCUT2D eigenvalue weighted by Gasteiger charge is 2.09. The van der Waals surface area contributed by atoms with Crippen LogP contribution in [0.4, 0.5) is 0 Å². The molecule has 30 heavy (non-hydrogen) atoms. The lowest BCUT2D eigenvalue weighted by atomic mass is 10.1. The summed E-state index contributed by atoms with van der Waals surface area (Å²) < 4.78 is 11.8. The molecule has 0 saturated heterocycles. The van der Waals surface area contributed by atoms with Crippen molar-refractivity contribution in [1.82, 2.24) is 0 Å². The molecule has 2 nitrogen and oxygen atoms in total. The van der Waals surface area contributed by atoms with E-state index in [1.807, 2.05) is 24.3 Å². The molecule has 0 aliphatic rings. The highest BCUT2D eigenvalue weighted by molar-refractivity contribution is 7.80. The third kappa shape index (κ3) is 11.8. The molecule has 0 spiro atoms. The van der Waals surface area contributed by atoms with Gasteiger partial charge in [-0.2, -0.15) is 0 Å². The van der Waals surface area contributed by atoms with Crippen molar-refractivity contribution in [1.29, 1.82) is 0 Å². The van der Waals surface area contributed by atoms with Gasteiger partial charge in [0.2, 0.25) is 0 Å². The van der Waals surface area contributed by atoms with Crippen molar-refractivity contribution in [3.05, 3.63) is 76.4 Å². The first-order valence-corrected chi connectivity index (χ1v) is 11.2. The van der Waals surface area contributed by atoms with Gasteiger partial charge in [-0.05, 0) is 104 Å². The van der Waals surface area contributed by atoms with Crippen LogP contribution in [0.2, 0.25) is 0 Å². The first-order valence-electron chi connectivity index (χ1n) is 10.8. The van der Waals surface area contributed by atoms with Crippen molar-refractivity contribution in [2.45, 2.75) is 67.2 Å². The molecule has 0 bridgehead atoms. The summed E-state index contributed by atoms with van der Waals surface area (Å²) in [4.78, 5) is 0. The van der Waals surface area contributed by atoms with Gasteiger partial charge in [-0.1, -0.05) is 46.6 Å². The molecule has 0 N–H and O–H groups in total. The summed E-state index contributed by atoms with van der Waals surface area (Å²) in [5.41, 5.74) is 6.19. The van der Waals surface area contributed by atoms with Crippen LogP contribution >= 0.6 is 12.2 Å². The molecule has 1 aromatic carbocycles. The van der Waals surface area contributed by atoms with Gasteiger partial charge in [0, 0.05) is 0 Å². The number of rotatable bonds is 12. The second-order valence-corrected chi connectivity index (χ2v) is 8.52. The minimum atomic E-state index is 0.475. The van der Waals surface area contributed by atoms with Crippen molar-refractivity contribution in [3.63, 3.8) is 0 Å². The van der Waals surface area contributed by atoms with Gasteiger partial charge in [-0.15, -0.1) is 0 Å². The second-order valence-electron chi connectivity index (χ2n) is 8.15. The highest BCUT2D eigenvalue weighted by atomic mass is 32.1. The topological polar surface area (TPSA) is 18.5 Å². The Morgan fingerprint density at radius 2 is 1.30 bits per heavy atom. The van der Waals surface area contributed by atoms with E-state index < -0.39 is 0 Å². The third-order valence-electron chi connectivity index (χ3n) is 4.61. The monoisotopic (exact) mass is 426 g/mol. The Kier molecular flexibility index (Phi) is 12.8. The molecule has 0 aromatic heterocycles. The Labute approximate surface area is 189 Å². The van der Waals surface area contributed by atoms with Crippen LogP contribution in [0.25, 0.3) is 0 Å². The van der Waals surface area contributed by atoms with Crippen molar-refractivity contribution in [2.75, 3.05) is 13.2 Å². The van der Waals surface area contributed by atoms with Crippen LogP contribution in [0.3, 0.4) is 0 Å². The molecule has 0 atom stereocenters. The zero-order valence-electron chi connectivity index (χ0n) is 19.6. The molecule has 0 aliphatic heterocycles. The number of para-hydroxylation sites is 1. The van der Waals surface area contributed by atoms with Crippen molar-refractivity contribution < 1.29 is 9.47 Å². The van der Waals surface area contributed by atoms with Crippen LogP contribution in [-0.4, -0.2) is 18.3 Å². The van der Waals surface area contributed by atoms with Crippen molar-refractivity contribution in [2.24, 2.45) is 0 Å². The summed E-state index contributed by atoms with van der Waals surface area (Å²) in [7, 11) is 0. The van der Waals surface area contributed by atoms with Crippen LogP contribution in [-0.2, 0) is 4.74 Å². The van der Waals surface area contributed by atoms with Gasteiger partial charge >= 0.3 is 0 Å². The number of hydrogen-bond acceptors (Lipinski definition) is 3. The molecule has 0 radical (unpaired) electrons. The first kappa shape index (κ1) is 25.9. The Morgan fingerprint density at radius 1 is 0.767 bits per heavy atom. The van der Waals surface area contributed by atoms with E-state index >= 15 is 0 Å². The van der Waals surface area contributed by atoms with E-state index in [2.05, 4.69) is 65.8 Å². The lowest BCUT2D eigenvalue weighted by Gasteiger charge is -2.12. The maximum atomic E-state index is 5.98. The fourth-order valence-corrected chi connectivity index (χ4v) is 2.99. The van der Waals surface area contributed by atoms with Crippen molar-refractivity contribution >= 4 is 17.3 Å². The minimum absolute atomic E-state index is 0.475. The number of hydrogen-bond donors (Lipinski definition) is 0. The fraction of sp³-hybridized carbons (Fsp3) is 0.444. The van der Waals surface area contributed by atoms with Gasteiger partial charge in [0.15, 0.2) is 5.05 Å². The fourth-order valence-electron chi connectivity index (χ4n) is 2.75. The number of ether oxygens (including phenoxy) is 2. The predicted octanol–water partition coefficient (Wildman–Crippen LogP) is 8.14. The summed E-state index contributed by atoms with van der Waals surface area (Å²) in [5.74, 6) is 0.764. The minimum Gasteiger partial charge on any atom is -0.489 e. The Bertz CT molecular complexity index is 789. The standard InChI is InChI=1S/C27H38O2S/c1-21(2)11-9-13-23(5)17-19-28-26-16-8-7-15-25(26)27(30)29-20-18-24(6)14-10-12-22(3)4/h7-8,11-12,15-18H,9-10,13-14,19-20H2,1-6H3/b23-17+,24-18+. The van der Waals surface area contributed by atoms with Gasteiger partial charge in [0.05, 0.1) is 5.56 Å². The zero-order chi connectivity index (χ0) is 22.4. The quantitative estimate of drug-likeness (QED) is 0.248. The van der Waals surface area contributed by atoms with E-state index in [1.165, 1.54) is 22.3 Å². The zero-order valence-corrected chi connectivity index (χ0v) is 20.4. The maximum Gasteiger partial charge on any atom is 0.195 e. The lowest BCUT2D eigenvalue weighted by Crippen LogP contribution is -2.07. The van der Waals surface area contributed by atoms with Gasteiger partial charge in [-0.3, -0.25) is 0 Å². The Hall–Kier alpha value is -2.13. The normalized spacial score (nSPS) is 11.7. The molecular weight excluding hydrogens is 388 g/mol. The molecule has 0 aliphatic carbocycles. The van der Waals surface area contributed by atoms with Crippen molar-refractivity contribution in [3.8, 4) is 5.75 Å². The largest absolute Gasteiger partial charge is 0.489 e. The first-order chi connectivity index (χ1) is 14.3. The van der Waals surface area contributed by atoms with Crippen LogP contribution in [0.5, 0.6) is 5.75 Å². The smallest absolute Gasteiger partial charge is 0.195 e. The molecule has 164 valence electrons. The van der Waals surface area contributed by atoms with E-state index in [-0.39, 0.29) is 0 Å². The summed E-state index contributed by atoms with van der Waals surface area (Å²) in [5, 5.41) is 0.475. The third-order valence-corrected chi connectivity index (χ3v) is 4.94. The number of benzene rings is 1. The van der Waals surface area contributed by atoms with Gasteiger partial charge in [0.25, 0.3) is 0 Å². The average molecular weight is 427 g/mol. The highest BCUT2D eigenvalue weighted by Crippen LogP contribution is 2.20. The number of allylic oxidation sites excluding steroid dienone is 6. The van der Waals surface area contributed by atoms with Crippen LogP contribution in [0, 0.1) is 0 Å². The summed E-state index contributed by atoms with van der Waals surface area (Å²) in [6.07, 6.45) is 13.0. The lowest BCUT2D eigenvalue weighted by molar-refractivity contribution is 0.345. The van der Waals surface area contributed by atoms with Gasteiger partial charge in [0.1, 0.15) is 19.0 Å². The van der Waals surface area contributed by atoms with E-state index in [4.69, 9.17) is 21.7 Å². The summed E-state index contributed by atoms with van der Waals surface area (Å²) >= 11 is 5.50.